The summed E-state index contributed by atoms with van der Waals surface area (Å²) < 4.78 is 9.81. The molecule has 1 N–H and O–H groups in total. The zero-order valence-corrected chi connectivity index (χ0v) is 16.7. The lowest BCUT2D eigenvalue weighted by molar-refractivity contribution is -0.119. The Balaban J connectivity index is 1.72. The van der Waals surface area contributed by atoms with Crippen molar-refractivity contribution in [2.75, 3.05) is 19.0 Å². The van der Waals surface area contributed by atoms with Gasteiger partial charge in [-0.2, -0.15) is 5.26 Å². The topological polar surface area (TPSA) is 105 Å². The average molecular weight is 420 g/mol. The van der Waals surface area contributed by atoms with E-state index >= 15 is 0 Å². The summed E-state index contributed by atoms with van der Waals surface area (Å²) in [5.74, 6) is -1.86. The van der Waals surface area contributed by atoms with Crippen LogP contribution in [0.5, 0.6) is 0 Å². The first-order chi connectivity index (χ1) is 14.5. The summed E-state index contributed by atoms with van der Waals surface area (Å²) in [7, 11) is 1.25. The molecule has 1 heterocycles. The van der Waals surface area contributed by atoms with E-state index < -0.39 is 24.5 Å². The Morgan fingerprint density at radius 1 is 1.00 bits per heavy atom. The van der Waals surface area contributed by atoms with Crippen molar-refractivity contribution in [1.82, 2.24) is 0 Å². The molecule has 0 saturated heterocycles. The van der Waals surface area contributed by atoms with E-state index in [1.54, 1.807) is 60.0 Å². The van der Waals surface area contributed by atoms with Gasteiger partial charge in [-0.15, -0.1) is 11.3 Å². The van der Waals surface area contributed by atoms with Crippen molar-refractivity contribution in [3.8, 4) is 17.2 Å². The molecule has 0 spiro atoms. The maximum atomic E-state index is 12.6. The molecule has 0 fully saturated rings. The normalized spacial score (nSPS) is 10.0. The van der Waals surface area contributed by atoms with Gasteiger partial charge in [0.1, 0.15) is 4.88 Å². The number of nitrogens with zero attached hydrogens (tertiary/aromatic N) is 1. The van der Waals surface area contributed by atoms with E-state index in [4.69, 9.17) is 4.74 Å². The summed E-state index contributed by atoms with van der Waals surface area (Å²) in [6, 6.07) is 17.3. The Bertz CT molecular complexity index is 1150. The molecule has 0 aliphatic rings. The summed E-state index contributed by atoms with van der Waals surface area (Å²) >= 11 is 1.13. The van der Waals surface area contributed by atoms with Crippen molar-refractivity contribution in [3.05, 3.63) is 76.0 Å². The van der Waals surface area contributed by atoms with E-state index in [0.717, 1.165) is 11.3 Å². The summed E-state index contributed by atoms with van der Waals surface area (Å²) in [4.78, 5) is 36.7. The van der Waals surface area contributed by atoms with Crippen molar-refractivity contribution < 1.29 is 23.9 Å². The molecule has 7 nitrogen and oxygen atoms in total. The number of esters is 2. The molecule has 0 radical (unpaired) electrons. The van der Waals surface area contributed by atoms with Crippen LogP contribution in [-0.4, -0.2) is 31.6 Å². The third-order valence-electron chi connectivity index (χ3n) is 4.13. The van der Waals surface area contributed by atoms with Crippen LogP contribution in [0.15, 0.2) is 60.0 Å². The Morgan fingerprint density at radius 2 is 1.70 bits per heavy atom. The number of carbonyl (C=O) groups is 3. The third kappa shape index (κ3) is 4.54. The van der Waals surface area contributed by atoms with Gasteiger partial charge in [-0.25, -0.2) is 9.59 Å². The van der Waals surface area contributed by atoms with E-state index in [0.29, 0.717) is 16.7 Å². The fraction of sp³-hybridized carbons (Fsp3) is 0.0909. The molecule has 8 heteroatoms. The number of carbonyl (C=O) groups excluding carboxylic acids is 3. The number of benzene rings is 2. The zero-order valence-electron chi connectivity index (χ0n) is 15.9. The Kier molecular flexibility index (Phi) is 6.57. The van der Waals surface area contributed by atoms with Gasteiger partial charge in [0.05, 0.1) is 30.0 Å². The van der Waals surface area contributed by atoms with Crippen LogP contribution in [0.25, 0.3) is 11.1 Å². The number of anilines is 1. The molecular formula is C22H16N2O5S. The number of hydrogen-bond acceptors (Lipinski definition) is 7. The smallest absolute Gasteiger partial charge is 0.350 e. The number of rotatable bonds is 6. The van der Waals surface area contributed by atoms with Gasteiger partial charge in [-0.05, 0) is 29.1 Å². The molecule has 150 valence electrons. The molecular weight excluding hydrogens is 404 g/mol. The lowest BCUT2D eigenvalue weighted by Crippen LogP contribution is -2.22. The quantitative estimate of drug-likeness (QED) is 0.607. The second-order valence-electron chi connectivity index (χ2n) is 5.98. The molecule has 3 rings (SSSR count). The highest BCUT2D eigenvalue weighted by Gasteiger charge is 2.19. The molecule has 1 amide bonds. The molecule has 0 aliphatic carbocycles. The van der Waals surface area contributed by atoms with E-state index in [2.05, 4.69) is 16.1 Å². The van der Waals surface area contributed by atoms with Gasteiger partial charge < -0.3 is 14.8 Å². The van der Waals surface area contributed by atoms with Crippen LogP contribution in [-0.2, 0) is 14.3 Å². The fourth-order valence-corrected chi connectivity index (χ4v) is 3.53. The van der Waals surface area contributed by atoms with Crippen LogP contribution in [0.3, 0.4) is 0 Å². The van der Waals surface area contributed by atoms with Crippen molar-refractivity contribution in [2.24, 2.45) is 0 Å². The van der Waals surface area contributed by atoms with Crippen LogP contribution < -0.4 is 5.32 Å². The highest BCUT2D eigenvalue weighted by molar-refractivity contribution is 7.12. The van der Waals surface area contributed by atoms with Crippen LogP contribution in [0.4, 0.5) is 5.69 Å². The van der Waals surface area contributed by atoms with E-state index in [9.17, 15) is 19.6 Å². The summed E-state index contributed by atoms with van der Waals surface area (Å²) in [6.45, 7) is -0.538. The zero-order chi connectivity index (χ0) is 21.5. The predicted octanol–water partition coefficient (Wildman–Crippen LogP) is 3.87. The van der Waals surface area contributed by atoms with Crippen LogP contribution in [0, 0.1) is 11.3 Å². The largest absolute Gasteiger partial charge is 0.465 e. The van der Waals surface area contributed by atoms with E-state index in [-0.39, 0.29) is 16.1 Å². The minimum absolute atomic E-state index is 0.235. The Morgan fingerprint density at radius 3 is 2.43 bits per heavy atom. The molecule has 0 bridgehead atoms. The Hall–Kier alpha value is -3.96. The monoisotopic (exact) mass is 420 g/mol. The second-order valence-corrected chi connectivity index (χ2v) is 6.90. The number of ether oxygens (including phenoxy) is 2. The van der Waals surface area contributed by atoms with Gasteiger partial charge in [0.15, 0.2) is 6.61 Å². The molecule has 0 atom stereocenters. The maximum Gasteiger partial charge on any atom is 0.350 e. The molecule has 1 aromatic heterocycles. The van der Waals surface area contributed by atoms with Gasteiger partial charge in [0.25, 0.3) is 5.91 Å². The number of hydrogen-bond donors (Lipinski definition) is 1. The predicted molar refractivity (Wildman–Crippen MR) is 111 cm³/mol. The average Bonchev–Trinajstić information content (AvgIpc) is 3.24. The number of methoxy groups -OCH3 is 1. The lowest BCUT2D eigenvalue weighted by Gasteiger charge is -2.11. The highest BCUT2D eigenvalue weighted by atomic mass is 32.1. The van der Waals surface area contributed by atoms with Crippen molar-refractivity contribution in [2.45, 2.75) is 0 Å². The summed E-state index contributed by atoms with van der Waals surface area (Å²) in [6.07, 6.45) is 0. The van der Waals surface area contributed by atoms with Crippen molar-refractivity contribution >= 4 is 34.9 Å². The molecule has 0 aliphatic heterocycles. The Labute approximate surface area is 176 Å². The second kappa shape index (κ2) is 9.49. The minimum atomic E-state index is -0.702. The number of thiophene rings is 1. The highest BCUT2D eigenvalue weighted by Crippen LogP contribution is 2.27. The first kappa shape index (κ1) is 20.8. The fourth-order valence-electron chi connectivity index (χ4n) is 2.77. The maximum absolute atomic E-state index is 12.6. The summed E-state index contributed by atoms with van der Waals surface area (Å²) in [5.41, 5.74) is 2.07. The van der Waals surface area contributed by atoms with Crippen LogP contribution in [0.2, 0.25) is 0 Å². The van der Waals surface area contributed by atoms with Gasteiger partial charge in [-0.3, -0.25) is 4.79 Å². The lowest BCUT2D eigenvalue weighted by atomic mass is 9.96. The molecule has 0 saturated carbocycles. The molecule has 0 unspecified atom stereocenters. The molecule has 3 aromatic rings. The van der Waals surface area contributed by atoms with E-state index in [1.165, 1.54) is 7.11 Å². The summed E-state index contributed by atoms with van der Waals surface area (Å²) in [5, 5.41) is 13.5. The van der Waals surface area contributed by atoms with Crippen molar-refractivity contribution in [1.29, 1.82) is 5.26 Å². The first-order valence-electron chi connectivity index (χ1n) is 8.76. The third-order valence-corrected chi connectivity index (χ3v) is 5.02. The molecule has 30 heavy (non-hydrogen) atoms. The van der Waals surface area contributed by atoms with E-state index in [1.807, 2.05) is 0 Å². The number of nitrogens with one attached hydrogen (secondary N) is 1. The first-order valence-corrected chi connectivity index (χ1v) is 9.64. The van der Waals surface area contributed by atoms with Gasteiger partial charge in [0.2, 0.25) is 0 Å². The number of nitriles is 1. The number of amides is 1. The molecule has 2 aromatic carbocycles. The SMILES string of the molecule is COC(=O)c1sccc1NC(=O)COC(=O)c1ccccc1-c1ccccc1C#N. The van der Waals surface area contributed by atoms with Gasteiger partial charge in [-0.1, -0.05) is 36.4 Å². The van der Waals surface area contributed by atoms with Crippen LogP contribution in [0.1, 0.15) is 25.6 Å². The van der Waals surface area contributed by atoms with Crippen molar-refractivity contribution in [3.63, 3.8) is 0 Å². The van der Waals surface area contributed by atoms with Crippen LogP contribution >= 0.6 is 11.3 Å². The van der Waals surface area contributed by atoms with Gasteiger partial charge in [0, 0.05) is 5.56 Å². The standard InChI is InChI=1S/C22H16N2O5S/c1-28-22(27)20-18(10-11-30-20)24-19(25)13-29-21(26)17-9-5-4-8-16(17)15-7-3-2-6-14(15)12-23/h2-11H,13H2,1H3,(H,24,25). The minimum Gasteiger partial charge on any atom is -0.465 e. The van der Waals surface area contributed by atoms with Gasteiger partial charge >= 0.3 is 11.9 Å².